The van der Waals surface area contributed by atoms with Crippen LogP contribution in [0.3, 0.4) is 0 Å². The molecule has 7 nitrogen and oxygen atoms in total. The Morgan fingerprint density at radius 3 is 2.73 bits per heavy atom. The molecule has 0 amide bonds. The lowest BCUT2D eigenvalue weighted by Crippen LogP contribution is -2.06. The molecule has 22 heavy (non-hydrogen) atoms. The Morgan fingerprint density at radius 1 is 1.23 bits per heavy atom. The highest BCUT2D eigenvalue weighted by molar-refractivity contribution is 6.30. The van der Waals surface area contributed by atoms with Crippen LogP contribution in [0.15, 0.2) is 28.8 Å². The molecular weight excluding hydrogens is 304 g/mol. The van der Waals surface area contributed by atoms with Crippen LogP contribution in [0.2, 0.25) is 5.02 Å². The Labute approximate surface area is 132 Å². The van der Waals surface area contributed by atoms with Gasteiger partial charge in [0.05, 0.1) is 0 Å². The number of tetrazole rings is 1. The molecule has 114 valence electrons. The lowest BCUT2D eigenvalue weighted by Gasteiger charge is -1.96. The molecule has 0 atom stereocenters. The van der Waals surface area contributed by atoms with Gasteiger partial charge in [-0.25, -0.2) is 0 Å². The molecule has 0 N–H and O–H groups in total. The van der Waals surface area contributed by atoms with Crippen molar-refractivity contribution in [3.8, 4) is 11.4 Å². The molecule has 3 aromatic rings. The van der Waals surface area contributed by atoms with Crippen molar-refractivity contribution in [3.63, 3.8) is 0 Å². The number of aromatic nitrogens is 6. The van der Waals surface area contributed by atoms with Crippen LogP contribution in [-0.2, 0) is 13.0 Å². The van der Waals surface area contributed by atoms with E-state index in [1.165, 1.54) is 4.80 Å². The van der Waals surface area contributed by atoms with E-state index in [9.17, 15) is 0 Å². The van der Waals surface area contributed by atoms with Crippen molar-refractivity contribution < 1.29 is 4.52 Å². The zero-order chi connectivity index (χ0) is 15.5. The predicted octanol–water partition coefficient (Wildman–Crippen LogP) is 2.62. The van der Waals surface area contributed by atoms with Crippen LogP contribution >= 0.6 is 11.6 Å². The number of hydrogen-bond donors (Lipinski definition) is 0. The molecular formula is C14H15ClN6O. The Hall–Kier alpha value is -2.28. The molecule has 0 fully saturated rings. The number of rotatable bonds is 5. The second kappa shape index (κ2) is 6.23. The molecule has 0 spiro atoms. The van der Waals surface area contributed by atoms with E-state index >= 15 is 0 Å². The minimum Gasteiger partial charge on any atom is -0.339 e. The fourth-order valence-corrected chi connectivity index (χ4v) is 2.06. The maximum atomic E-state index is 5.86. The second-order valence-electron chi connectivity index (χ2n) is 5.35. The van der Waals surface area contributed by atoms with Crippen molar-refractivity contribution in [2.75, 3.05) is 0 Å². The first-order valence-electron chi connectivity index (χ1n) is 6.95. The third-order valence-electron chi connectivity index (χ3n) is 2.93. The van der Waals surface area contributed by atoms with Crippen molar-refractivity contribution in [3.05, 3.63) is 41.0 Å². The van der Waals surface area contributed by atoms with Gasteiger partial charge < -0.3 is 4.52 Å². The Balaban J connectivity index is 1.71. The normalized spacial score (nSPS) is 11.3. The van der Waals surface area contributed by atoms with Crippen molar-refractivity contribution in [1.82, 2.24) is 30.3 Å². The monoisotopic (exact) mass is 318 g/mol. The van der Waals surface area contributed by atoms with E-state index in [2.05, 4.69) is 39.4 Å². The SMILES string of the molecule is CC(C)Cc1nc(Cn2nnc(-c3ccc(Cl)cc3)n2)no1. The van der Waals surface area contributed by atoms with Crippen molar-refractivity contribution in [2.24, 2.45) is 5.92 Å². The van der Waals surface area contributed by atoms with Gasteiger partial charge in [-0.3, -0.25) is 0 Å². The molecule has 0 radical (unpaired) electrons. The van der Waals surface area contributed by atoms with Gasteiger partial charge in [0.25, 0.3) is 0 Å². The van der Waals surface area contributed by atoms with E-state index in [1.807, 2.05) is 12.1 Å². The first-order chi connectivity index (χ1) is 10.6. The Morgan fingerprint density at radius 2 is 2.00 bits per heavy atom. The zero-order valence-electron chi connectivity index (χ0n) is 12.3. The summed E-state index contributed by atoms with van der Waals surface area (Å²) in [7, 11) is 0. The second-order valence-corrected chi connectivity index (χ2v) is 5.79. The summed E-state index contributed by atoms with van der Waals surface area (Å²) in [6, 6.07) is 7.27. The minimum atomic E-state index is 0.322. The zero-order valence-corrected chi connectivity index (χ0v) is 13.0. The standard InChI is InChI=1S/C14H15ClN6O/c1-9(2)7-13-16-12(19-22-13)8-21-18-14(17-20-21)10-3-5-11(15)6-4-10/h3-6,9H,7-8H2,1-2H3. The molecule has 0 bridgehead atoms. The summed E-state index contributed by atoms with van der Waals surface area (Å²) in [5.74, 6) is 2.16. The van der Waals surface area contributed by atoms with Gasteiger partial charge in [-0.2, -0.15) is 9.78 Å². The maximum Gasteiger partial charge on any atom is 0.226 e. The first-order valence-corrected chi connectivity index (χ1v) is 7.33. The van der Waals surface area contributed by atoms with Crippen LogP contribution in [0.25, 0.3) is 11.4 Å². The maximum absolute atomic E-state index is 5.86. The van der Waals surface area contributed by atoms with Gasteiger partial charge in [0.1, 0.15) is 6.54 Å². The molecule has 0 aliphatic carbocycles. The van der Waals surface area contributed by atoms with Gasteiger partial charge >= 0.3 is 0 Å². The van der Waals surface area contributed by atoms with Gasteiger partial charge in [0, 0.05) is 17.0 Å². The van der Waals surface area contributed by atoms with Crippen LogP contribution in [0.1, 0.15) is 25.6 Å². The fraction of sp³-hybridized carbons (Fsp3) is 0.357. The van der Waals surface area contributed by atoms with Crippen LogP contribution in [0.4, 0.5) is 0 Å². The van der Waals surface area contributed by atoms with Crippen molar-refractivity contribution in [1.29, 1.82) is 0 Å². The largest absolute Gasteiger partial charge is 0.339 e. The lowest BCUT2D eigenvalue weighted by atomic mass is 10.1. The molecule has 0 saturated heterocycles. The van der Waals surface area contributed by atoms with Crippen LogP contribution in [0.5, 0.6) is 0 Å². The van der Waals surface area contributed by atoms with E-state index in [1.54, 1.807) is 12.1 Å². The molecule has 3 rings (SSSR count). The average molecular weight is 319 g/mol. The van der Waals surface area contributed by atoms with Gasteiger partial charge in [-0.1, -0.05) is 30.6 Å². The number of hydrogen-bond acceptors (Lipinski definition) is 6. The summed E-state index contributed by atoms with van der Waals surface area (Å²) >= 11 is 5.86. The van der Waals surface area contributed by atoms with Crippen LogP contribution in [-0.4, -0.2) is 30.3 Å². The highest BCUT2D eigenvalue weighted by Gasteiger charge is 2.11. The number of nitrogens with zero attached hydrogens (tertiary/aromatic N) is 6. The Bertz CT molecular complexity index is 749. The van der Waals surface area contributed by atoms with E-state index in [0.29, 0.717) is 35.0 Å². The molecule has 0 aliphatic heterocycles. The minimum absolute atomic E-state index is 0.322. The fourth-order valence-electron chi connectivity index (χ4n) is 1.94. The highest BCUT2D eigenvalue weighted by Crippen LogP contribution is 2.17. The van der Waals surface area contributed by atoms with E-state index < -0.39 is 0 Å². The highest BCUT2D eigenvalue weighted by atomic mass is 35.5. The van der Waals surface area contributed by atoms with Crippen LogP contribution < -0.4 is 0 Å². The summed E-state index contributed by atoms with van der Waals surface area (Å²) in [5, 5.41) is 16.9. The quantitative estimate of drug-likeness (QED) is 0.719. The molecule has 0 unspecified atom stereocenters. The first kappa shape index (κ1) is 14.6. The van der Waals surface area contributed by atoms with E-state index in [0.717, 1.165) is 12.0 Å². The summed E-state index contributed by atoms with van der Waals surface area (Å²) in [6.07, 6.45) is 0.758. The van der Waals surface area contributed by atoms with Gasteiger partial charge in [0.2, 0.25) is 11.7 Å². The van der Waals surface area contributed by atoms with Crippen molar-refractivity contribution in [2.45, 2.75) is 26.8 Å². The number of halogens is 1. The summed E-state index contributed by atoms with van der Waals surface area (Å²) < 4.78 is 5.19. The van der Waals surface area contributed by atoms with Crippen molar-refractivity contribution >= 4 is 11.6 Å². The summed E-state index contributed by atoms with van der Waals surface area (Å²) in [6.45, 7) is 4.52. The van der Waals surface area contributed by atoms with Gasteiger partial charge in [-0.15, -0.1) is 10.2 Å². The summed E-state index contributed by atoms with van der Waals surface area (Å²) in [4.78, 5) is 5.75. The third-order valence-corrected chi connectivity index (χ3v) is 3.18. The van der Waals surface area contributed by atoms with Crippen LogP contribution in [0, 0.1) is 5.92 Å². The molecule has 1 aromatic carbocycles. The smallest absolute Gasteiger partial charge is 0.226 e. The predicted molar refractivity (Wildman–Crippen MR) is 80.2 cm³/mol. The van der Waals surface area contributed by atoms with Gasteiger partial charge in [0.15, 0.2) is 5.82 Å². The molecule has 2 heterocycles. The third kappa shape index (κ3) is 3.48. The molecule has 0 aliphatic rings. The molecule has 2 aromatic heterocycles. The van der Waals surface area contributed by atoms with Gasteiger partial charge in [-0.05, 0) is 35.4 Å². The van der Waals surface area contributed by atoms with E-state index in [4.69, 9.17) is 16.1 Å². The molecule has 0 saturated carbocycles. The number of benzene rings is 1. The Kier molecular flexibility index (Phi) is 4.15. The molecule has 8 heteroatoms. The summed E-state index contributed by atoms with van der Waals surface area (Å²) in [5.41, 5.74) is 0.851. The lowest BCUT2D eigenvalue weighted by molar-refractivity contribution is 0.356. The van der Waals surface area contributed by atoms with E-state index in [-0.39, 0.29) is 0 Å². The average Bonchev–Trinajstić information content (AvgIpc) is 3.09. The topological polar surface area (TPSA) is 82.5 Å².